The van der Waals surface area contributed by atoms with Gasteiger partial charge in [-0.05, 0) is 21.0 Å². The Kier molecular flexibility index (Phi) is 3.81. The summed E-state index contributed by atoms with van der Waals surface area (Å²) in [6, 6.07) is 0. The number of nitrogens with zero attached hydrogens (tertiary/aromatic N) is 2. The SMILES string of the molecule is CNCn1cc(C)c(=O)n(CNC)c1=O. The average molecular weight is 212 g/mol. The molecule has 0 unspecified atom stereocenters. The van der Waals surface area contributed by atoms with Gasteiger partial charge in [-0.3, -0.25) is 9.36 Å². The predicted molar refractivity (Wildman–Crippen MR) is 57.8 cm³/mol. The van der Waals surface area contributed by atoms with Crippen molar-refractivity contribution in [2.45, 2.75) is 20.3 Å². The standard InChI is InChI=1S/C9H16N4O2/c1-7-4-12(5-10-2)9(15)13(6-11-3)8(7)14/h4,10-11H,5-6H2,1-3H3. The van der Waals surface area contributed by atoms with Crippen molar-refractivity contribution < 1.29 is 0 Å². The molecule has 0 amide bonds. The third kappa shape index (κ3) is 2.34. The van der Waals surface area contributed by atoms with Crippen molar-refractivity contribution in [2.75, 3.05) is 14.1 Å². The predicted octanol–water partition coefficient (Wildman–Crippen LogP) is -1.33. The molecule has 84 valence electrons. The van der Waals surface area contributed by atoms with Gasteiger partial charge in [0.1, 0.15) is 0 Å². The second-order valence-electron chi connectivity index (χ2n) is 3.32. The van der Waals surface area contributed by atoms with Crippen LogP contribution in [0.3, 0.4) is 0 Å². The molecule has 1 aromatic heterocycles. The van der Waals surface area contributed by atoms with Crippen LogP contribution in [-0.4, -0.2) is 23.2 Å². The summed E-state index contributed by atoms with van der Waals surface area (Å²) in [5.74, 6) is 0. The van der Waals surface area contributed by atoms with E-state index in [0.717, 1.165) is 0 Å². The number of rotatable bonds is 4. The Morgan fingerprint density at radius 2 is 1.80 bits per heavy atom. The van der Waals surface area contributed by atoms with E-state index in [0.29, 0.717) is 12.2 Å². The lowest BCUT2D eigenvalue weighted by Crippen LogP contribution is -2.44. The molecule has 0 spiro atoms. The van der Waals surface area contributed by atoms with E-state index in [1.165, 1.54) is 9.13 Å². The summed E-state index contributed by atoms with van der Waals surface area (Å²) >= 11 is 0. The van der Waals surface area contributed by atoms with E-state index in [2.05, 4.69) is 10.6 Å². The highest BCUT2D eigenvalue weighted by atomic mass is 16.2. The molecule has 0 saturated carbocycles. The van der Waals surface area contributed by atoms with E-state index >= 15 is 0 Å². The molecular weight excluding hydrogens is 196 g/mol. The van der Waals surface area contributed by atoms with Gasteiger partial charge in [0.2, 0.25) is 0 Å². The normalized spacial score (nSPS) is 10.6. The molecular formula is C9H16N4O2. The molecule has 6 heteroatoms. The van der Waals surface area contributed by atoms with E-state index in [9.17, 15) is 9.59 Å². The Labute approximate surface area is 87.5 Å². The van der Waals surface area contributed by atoms with Gasteiger partial charge in [-0.1, -0.05) is 0 Å². The zero-order chi connectivity index (χ0) is 11.4. The van der Waals surface area contributed by atoms with E-state index in [-0.39, 0.29) is 17.9 Å². The van der Waals surface area contributed by atoms with Crippen LogP contribution in [0.1, 0.15) is 5.56 Å². The maximum absolute atomic E-state index is 11.8. The summed E-state index contributed by atoms with van der Waals surface area (Å²) in [7, 11) is 3.44. The van der Waals surface area contributed by atoms with Crippen molar-refractivity contribution >= 4 is 0 Å². The van der Waals surface area contributed by atoms with Crippen molar-refractivity contribution in [3.05, 3.63) is 32.6 Å². The van der Waals surface area contributed by atoms with Gasteiger partial charge in [-0.2, -0.15) is 0 Å². The third-order valence-corrected chi connectivity index (χ3v) is 2.05. The summed E-state index contributed by atoms with van der Waals surface area (Å²) < 4.78 is 2.64. The van der Waals surface area contributed by atoms with Gasteiger partial charge in [0, 0.05) is 11.8 Å². The third-order valence-electron chi connectivity index (χ3n) is 2.05. The zero-order valence-corrected chi connectivity index (χ0v) is 9.20. The van der Waals surface area contributed by atoms with E-state index < -0.39 is 0 Å². The largest absolute Gasteiger partial charge is 0.333 e. The molecule has 6 nitrogen and oxygen atoms in total. The van der Waals surface area contributed by atoms with Gasteiger partial charge >= 0.3 is 5.69 Å². The lowest BCUT2D eigenvalue weighted by atomic mass is 10.4. The van der Waals surface area contributed by atoms with Crippen LogP contribution in [0.15, 0.2) is 15.8 Å². The van der Waals surface area contributed by atoms with Gasteiger partial charge in [0.25, 0.3) is 5.56 Å². The molecule has 0 aromatic carbocycles. The van der Waals surface area contributed by atoms with Gasteiger partial charge in [-0.25, -0.2) is 9.36 Å². The van der Waals surface area contributed by atoms with E-state index in [4.69, 9.17) is 0 Å². The first-order valence-electron chi connectivity index (χ1n) is 4.72. The van der Waals surface area contributed by atoms with Crippen LogP contribution < -0.4 is 21.9 Å². The smallest absolute Gasteiger partial charge is 0.303 e. The molecule has 1 aromatic rings. The number of aromatic nitrogens is 2. The summed E-state index contributed by atoms with van der Waals surface area (Å²) in [6.45, 7) is 2.31. The number of hydrogen-bond acceptors (Lipinski definition) is 4. The fourth-order valence-electron chi connectivity index (χ4n) is 1.38. The maximum atomic E-state index is 11.8. The van der Waals surface area contributed by atoms with Crippen LogP contribution in [-0.2, 0) is 13.3 Å². The van der Waals surface area contributed by atoms with Crippen LogP contribution >= 0.6 is 0 Å². The number of nitrogens with one attached hydrogen (secondary N) is 2. The summed E-state index contributed by atoms with van der Waals surface area (Å²) in [5.41, 5.74) is -0.00361. The second-order valence-corrected chi connectivity index (χ2v) is 3.32. The molecule has 0 bridgehead atoms. The summed E-state index contributed by atoms with van der Waals surface area (Å²) in [6.07, 6.45) is 1.56. The van der Waals surface area contributed by atoms with Crippen molar-refractivity contribution in [2.24, 2.45) is 0 Å². The molecule has 2 N–H and O–H groups in total. The molecule has 0 aliphatic carbocycles. The first-order valence-corrected chi connectivity index (χ1v) is 4.72. The Balaban J connectivity index is 3.35. The number of hydrogen-bond donors (Lipinski definition) is 2. The van der Waals surface area contributed by atoms with Crippen LogP contribution in [0, 0.1) is 6.92 Å². The molecule has 0 radical (unpaired) electrons. The first-order chi connectivity index (χ1) is 7.11. The van der Waals surface area contributed by atoms with Gasteiger partial charge in [0.15, 0.2) is 0 Å². The molecule has 1 rings (SSSR count). The molecule has 0 fully saturated rings. The molecule has 15 heavy (non-hydrogen) atoms. The lowest BCUT2D eigenvalue weighted by Gasteiger charge is -2.10. The minimum absolute atomic E-state index is 0.225. The monoisotopic (exact) mass is 212 g/mol. The Hall–Kier alpha value is -1.40. The Morgan fingerprint density at radius 3 is 2.33 bits per heavy atom. The van der Waals surface area contributed by atoms with Crippen molar-refractivity contribution in [3.63, 3.8) is 0 Å². The van der Waals surface area contributed by atoms with E-state index in [1.807, 2.05) is 0 Å². The molecule has 1 heterocycles. The van der Waals surface area contributed by atoms with Crippen LogP contribution in [0.2, 0.25) is 0 Å². The highest BCUT2D eigenvalue weighted by molar-refractivity contribution is 5.02. The fourth-order valence-corrected chi connectivity index (χ4v) is 1.38. The summed E-state index contributed by atoms with van der Waals surface area (Å²) in [5, 5.41) is 5.66. The number of aryl methyl sites for hydroxylation is 1. The van der Waals surface area contributed by atoms with Gasteiger partial charge in [-0.15, -0.1) is 0 Å². The molecule has 0 atom stereocenters. The molecule has 0 aliphatic rings. The maximum Gasteiger partial charge on any atom is 0.333 e. The summed E-state index contributed by atoms with van der Waals surface area (Å²) in [4.78, 5) is 23.4. The second kappa shape index (κ2) is 4.90. The first kappa shape index (κ1) is 11.7. The Bertz CT molecular complexity index is 446. The molecule has 0 saturated heterocycles. The molecule has 0 aliphatic heterocycles. The van der Waals surface area contributed by atoms with Crippen LogP contribution in [0.4, 0.5) is 0 Å². The lowest BCUT2D eigenvalue weighted by molar-refractivity contribution is 0.496. The van der Waals surface area contributed by atoms with Crippen molar-refractivity contribution in [1.29, 1.82) is 0 Å². The quantitative estimate of drug-likeness (QED) is 0.649. The van der Waals surface area contributed by atoms with Crippen molar-refractivity contribution in [1.82, 2.24) is 19.8 Å². The van der Waals surface area contributed by atoms with Crippen LogP contribution in [0.5, 0.6) is 0 Å². The van der Waals surface area contributed by atoms with E-state index in [1.54, 1.807) is 27.2 Å². The van der Waals surface area contributed by atoms with Crippen LogP contribution in [0.25, 0.3) is 0 Å². The Morgan fingerprint density at radius 1 is 1.20 bits per heavy atom. The minimum atomic E-state index is -0.311. The zero-order valence-electron chi connectivity index (χ0n) is 9.20. The van der Waals surface area contributed by atoms with Crippen molar-refractivity contribution in [3.8, 4) is 0 Å². The fraction of sp³-hybridized carbons (Fsp3) is 0.556. The minimum Gasteiger partial charge on any atom is -0.303 e. The highest BCUT2D eigenvalue weighted by Crippen LogP contribution is 1.84. The van der Waals surface area contributed by atoms with Gasteiger partial charge < -0.3 is 10.6 Å². The average Bonchev–Trinajstić information content (AvgIpc) is 2.21. The topological polar surface area (TPSA) is 68.1 Å². The highest BCUT2D eigenvalue weighted by Gasteiger charge is 2.06. The van der Waals surface area contributed by atoms with Gasteiger partial charge in [0.05, 0.1) is 13.3 Å².